The molecule has 2 aromatic rings. The first-order chi connectivity index (χ1) is 9.79. The predicted molar refractivity (Wildman–Crippen MR) is 74.4 cm³/mol. The molecule has 0 saturated heterocycles. The van der Waals surface area contributed by atoms with E-state index in [0.29, 0.717) is 6.54 Å². The van der Waals surface area contributed by atoms with E-state index in [0.717, 1.165) is 6.07 Å². The second kappa shape index (κ2) is 5.70. The van der Waals surface area contributed by atoms with Crippen molar-refractivity contribution in [2.24, 2.45) is 7.05 Å². The molecule has 0 bridgehead atoms. The molecule has 8 nitrogen and oxygen atoms in total. The maximum Gasteiger partial charge on any atom is 0.352 e. The molecule has 1 atom stereocenters. The van der Waals surface area contributed by atoms with E-state index in [4.69, 9.17) is 5.11 Å². The number of carboxylic acid groups (broad SMARTS) is 1. The molecule has 1 unspecified atom stereocenters. The maximum atomic E-state index is 12.2. The van der Waals surface area contributed by atoms with Crippen molar-refractivity contribution in [2.75, 3.05) is 0 Å². The smallest absolute Gasteiger partial charge is 0.352 e. The highest BCUT2D eigenvalue weighted by molar-refractivity contribution is 7.89. The van der Waals surface area contributed by atoms with Crippen LogP contribution in [-0.4, -0.2) is 39.7 Å². The number of nitrogens with one attached hydrogen (secondary N) is 1. The van der Waals surface area contributed by atoms with Crippen molar-refractivity contribution in [2.45, 2.75) is 24.4 Å². The van der Waals surface area contributed by atoms with Crippen molar-refractivity contribution < 1.29 is 18.3 Å². The summed E-state index contributed by atoms with van der Waals surface area (Å²) in [6.07, 6.45) is 6.21. The van der Waals surface area contributed by atoms with Crippen LogP contribution >= 0.6 is 0 Å². The van der Waals surface area contributed by atoms with Gasteiger partial charge in [-0.15, -0.1) is 0 Å². The summed E-state index contributed by atoms with van der Waals surface area (Å²) in [5, 5.41) is 8.95. The summed E-state index contributed by atoms with van der Waals surface area (Å²) in [5.74, 6) is -1.18. The first kappa shape index (κ1) is 15.3. The summed E-state index contributed by atoms with van der Waals surface area (Å²) in [6.45, 7) is 2.15. The monoisotopic (exact) mass is 312 g/mol. The molecule has 0 saturated carbocycles. The van der Waals surface area contributed by atoms with E-state index >= 15 is 0 Å². The first-order valence-corrected chi connectivity index (χ1v) is 7.65. The molecule has 0 aliphatic rings. The van der Waals surface area contributed by atoms with Crippen LogP contribution in [0.15, 0.2) is 35.9 Å². The average molecular weight is 312 g/mol. The van der Waals surface area contributed by atoms with Gasteiger partial charge in [-0.05, 0) is 13.0 Å². The van der Waals surface area contributed by atoms with E-state index in [2.05, 4.69) is 9.71 Å². The number of carbonyl (C=O) groups is 1. The number of aryl methyl sites for hydroxylation is 1. The van der Waals surface area contributed by atoms with Crippen LogP contribution in [0.2, 0.25) is 0 Å². The third-order valence-electron chi connectivity index (χ3n) is 2.91. The highest BCUT2D eigenvalue weighted by Gasteiger charge is 2.22. The van der Waals surface area contributed by atoms with E-state index in [1.807, 2.05) is 0 Å². The third kappa shape index (κ3) is 3.50. The fourth-order valence-electron chi connectivity index (χ4n) is 1.97. The lowest BCUT2D eigenvalue weighted by Crippen LogP contribution is -2.35. The van der Waals surface area contributed by atoms with Gasteiger partial charge in [0.1, 0.15) is 10.6 Å². The molecule has 9 heteroatoms. The summed E-state index contributed by atoms with van der Waals surface area (Å²) in [6, 6.07) is 0.770. The van der Waals surface area contributed by atoms with Crippen LogP contribution in [0, 0.1) is 0 Å². The molecule has 0 aliphatic carbocycles. The Hall–Kier alpha value is -2.13. The van der Waals surface area contributed by atoms with Gasteiger partial charge >= 0.3 is 5.97 Å². The summed E-state index contributed by atoms with van der Waals surface area (Å²) in [7, 11) is -2.28. The highest BCUT2D eigenvalue weighted by Crippen LogP contribution is 2.14. The van der Waals surface area contributed by atoms with Crippen LogP contribution in [0.1, 0.15) is 17.4 Å². The number of nitrogens with zero attached hydrogens (tertiary/aromatic N) is 3. The Morgan fingerprint density at radius 1 is 1.52 bits per heavy atom. The molecule has 0 amide bonds. The fraction of sp³-hybridized carbons (Fsp3) is 0.333. The molecule has 2 aromatic heterocycles. The average Bonchev–Trinajstić information content (AvgIpc) is 2.97. The van der Waals surface area contributed by atoms with Crippen molar-refractivity contribution in [3.63, 3.8) is 0 Å². The lowest BCUT2D eigenvalue weighted by atomic mass is 10.4. The number of rotatable bonds is 6. The summed E-state index contributed by atoms with van der Waals surface area (Å²) < 4.78 is 30.0. The van der Waals surface area contributed by atoms with Crippen molar-refractivity contribution in [1.82, 2.24) is 18.8 Å². The molecule has 114 valence electrons. The van der Waals surface area contributed by atoms with Gasteiger partial charge in [0.2, 0.25) is 10.0 Å². The molecular formula is C12H16N4O4S. The predicted octanol–water partition coefficient (Wildman–Crippen LogP) is 0.287. The number of imidazole rings is 1. The third-order valence-corrected chi connectivity index (χ3v) is 4.47. The zero-order valence-electron chi connectivity index (χ0n) is 11.6. The summed E-state index contributed by atoms with van der Waals surface area (Å²) in [4.78, 5) is 14.8. The molecule has 0 aromatic carbocycles. The summed E-state index contributed by atoms with van der Waals surface area (Å²) in [5.41, 5.74) is -0.0855. The number of hydrogen-bond donors (Lipinski definition) is 2. The van der Waals surface area contributed by atoms with E-state index < -0.39 is 16.0 Å². The standard InChI is InChI=1S/C12H16N4O4S/c1-9(6-16-4-3-13-8-16)14-21(19,20)10-5-11(12(17)18)15(2)7-10/h3-5,7-9,14H,6H2,1-2H3,(H,17,18). The van der Waals surface area contributed by atoms with Crippen molar-refractivity contribution in [1.29, 1.82) is 0 Å². The number of hydrogen-bond acceptors (Lipinski definition) is 4. The molecule has 2 N–H and O–H groups in total. The van der Waals surface area contributed by atoms with Gasteiger partial charge in [0, 0.05) is 38.2 Å². The van der Waals surface area contributed by atoms with Crippen LogP contribution in [-0.2, 0) is 23.6 Å². The van der Waals surface area contributed by atoms with Crippen LogP contribution in [0.3, 0.4) is 0 Å². The molecule has 0 aliphatic heterocycles. The first-order valence-electron chi connectivity index (χ1n) is 6.17. The van der Waals surface area contributed by atoms with Crippen molar-refractivity contribution in [3.8, 4) is 0 Å². The zero-order valence-corrected chi connectivity index (χ0v) is 12.4. The van der Waals surface area contributed by atoms with Gasteiger partial charge < -0.3 is 14.2 Å². The van der Waals surface area contributed by atoms with Crippen molar-refractivity contribution >= 4 is 16.0 Å². The molecule has 2 heterocycles. The second-order valence-electron chi connectivity index (χ2n) is 4.76. The lowest BCUT2D eigenvalue weighted by Gasteiger charge is -2.13. The van der Waals surface area contributed by atoms with Crippen molar-refractivity contribution in [3.05, 3.63) is 36.7 Å². The Balaban J connectivity index is 2.14. The minimum atomic E-state index is -3.77. The van der Waals surface area contributed by atoms with Gasteiger partial charge in [0.25, 0.3) is 0 Å². The van der Waals surface area contributed by atoms with E-state index in [1.54, 1.807) is 30.2 Å². The molecule has 0 fully saturated rings. The largest absolute Gasteiger partial charge is 0.477 e. The Bertz CT molecular complexity index is 733. The molecule has 2 rings (SSSR count). The van der Waals surface area contributed by atoms with Gasteiger partial charge in [-0.2, -0.15) is 0 Å². The number of carboxylic acids is 1. The van der Waals surface area contributed by atoms with E-state index in [9.17, 15) is 13.2 Å². The lowest BCUT2D eigenvalue weighted by molar-refractivity contribution is 0.0686. The Labute approximate surface area is 122 Å². The molecular weight excluding hydrogens is 296 g/mol. The van der Waals surface area contributed by atoms with E-state index in [1.165, 1.54) is 17.8 Å². The maximum absolute atomic E-state index is 12.2. The minimum absolute atomic E-state index is 0.0696. The summed E-state index contributed by atoms with van der Waals surface area (Å²) >= 11 is 0. The fourth-order valence-corrected chi connectivity index (χ4v) is 3.28. The topological polar surface area (TPSA) is 106 Å². The number of aromatic nitrogens is 3. The number of sulfonamides is 1. The van der Waals surface area contributed by atoms with Gasteiger partial charge in [-0.1, -0.05) is 0 Å². The van der Waals surface area contributed by atoms with Crippen LogP contribution in [0.25, 0.3) is 0 Å². The Morgan fingerprint density at radius 3 is 2.76 bits per heavy atom. The van der Waals surface area contributed by atoms with E-state index in [-0.39, 0.29) is 16.6 Å². The van der Waals surface area contributed by atoms with Gasteiger partial charge in [-0.25, -0.2) is 22.9 Å². The number of aromatic carboxylic acids is 1. The normalized spacial score (nSPS) is 13.2. The second-order valence-corrected chi connectivity index (χ2v) is 6.47. The Kier molecular flexibility index (Phi) is 4.14. The zero-order chi connectivity index (χ0) is 15.6. The van der Waals surface area contributed by atoms with Crippen LogP contribution < -0.4 is 4.72 Å². The molecule has 0 radical (unpaired) electrons. The van der Waals surface area contributed by atoms with Gasteiger partial charge in [0.05, 0.1) is 6.33 Å². The van der Waals surface area contributed by atoms with Gasteiger partial charge in [-0.3, -0.25) is 0 Å². The van der Waals surface area contributed by atoms with Crippen LogP contribution in [0.5, 0.6) is 0 Å². The SMILES string of the molecule is CC(Cn1ccnc1)NS(=O)(=O)c1cc(C(=O)O)n(C)c1. The van der Waals surface area contributed by atoms with Crippen LogP contribution in [0.4, 0.5) is 0 Å². The minimum Gasteiger partial charge on any atom is -0.477 e. The molecule has 21 heavy (non-hydrogen) atoms. The highest BCUT2D eigenvalue weighted by atomic mass is 32.2. The Morgan fingerprint density at radius 2 is 2.24 bits per heavy atom. The molecule has 0 spiro atoms. The quantitative estimate of drug-likeness (QED) is 0.797. The van der Waals surface area contributed by atoms with Gasteiger partial charge in [0.15, 0.2) is 0 Å².